The van der Waals surface area contributed by atoms with E-state index in [-0.39, 0.29) is 48.3 Å². The van der Waals surface area contributed by atoms with Gasteiger partial charge in [0.2, 0.25) is 0 Å². The highest BCUT2D eigenvalue weighted by atomic mass is 31.2. The summed E-state index contributed by atoms with van der Waals surface area (Å²) in [4.78, 5) is 0. The Bertz CT molecular complexity index is 1190. The van der Waals surface area contributed by atoms with Gasteiger partial charge in [0.05, 0.1) is 8.07 Å². The molecule has 248 valence electrons. The van der Waals surface area contributed by atoms with Crippen LogP contribution in [0.4, 0.5) is 0 Å². The molecule has 0 aromatic heterocycles. The Labute approximate surface area is 278 Å². The van der Waals surface area contributed by atoms with Gasteiger partial charge in [0, 0.05) is 5.02 Å². The molecule has 3 rings (SSSR count). The highest BCUT2D eigenvalue weighted by Gasteiger charge is 2.53. The van der Waals surface area contributed by atoms with Gasteiger partial charge < -0.3 is 0 Å². The van der Waals surface area contributed by atoms with Crippen molar-refractivity contribution in [3.63, 3.8) is 0 Å². The first kappa shape index (κ1) is 38.0. The van der Waals surface area contributed by atoms with E-state index in [9.17, 15) is 0 Å². The molecule has 2 aromatic carbocycles. The van der Waals surface area contributed by atoms with Crippen LogP contribution in [-0.4, -0.2) is 19.0 Å². The van der Waals surface area contributed by atoms with Crippen molar-refractivity contribution in [2.24, 2.45) is 0 Å². The molecule has 0 saturated carbocycles. The van der Waals surface area contributed by atoms with Crippen LogP contribution in [0.5, 0.6) is 0 Å². The van der Waals surface area contributed by atoms with Crippen LogP contribution >= 0.6 is 15.8 Å². The number of benzene rings is 2. The van der Waals surface area contributed by atoms with E-state index in [2.05, 4.69) is 169 Å². The zero-order valence-corrected chi connectivity index (χ0v) is 35.8. The van der Waals surface area contributed by atoms with Gasteiger partial charge in [0.1, 0.15) is 0 Å². The SMILES string of the molecule is CC(C)(C)c1cc(C(C)(C)C)c(P2CP(c3c(C(C)(C)C)cc(C(C)(C)C)cc3C(C)(C)C)C2[Si](C)(C)C)c(C(C)(C)C)c1. The Morgan fingerprint density at radius 1 is 0.432 bits per heavy atom. The van der Waals surface area contributed by atoms with Crippen molar-refractivity contribution in [1.29, 1.82) is 0 Å². The molecule has 1 saturated heterocycles. The van der Waals surface area contributed by atoms with Crippen molar-refractivity contribution in [3.05, 3.63) is 57.6 Å². The fraction of sp³-hybridized carbons (Fsp3) is 0.707. The maximum Gasteiger partial charge on any atom is 0.0579 e. The van der Waals surface area contributed by atoms with Gasteiger partial charge in [-0.05, 0) is 82.4 Å². The highest BCUT2D eigenvalue weighted by molar-refractivity contribution is 8.01. The van der Waals surface area contributed by atoms with Gasteiger partial charge in [-0.15, -0.1) is 0 Å². The third-order valence-corrected chi connectivity index (χ3v) is 24.9. The van der Waals surface area contributed by atoms with Gasteiger partial charge in [-0.2, -0.15) is 0 Å². The van der Waals surface area contributed by atoms with Gasteiger partial charge in [-0.3, -0.25) is 0 Å². The van der Waals surface area contributed by atoms with Gasteiger partial charge in [-0.1, -0.05) is 184 Å². The third-order valence-electron chi connectivity index (χ3n) is 9.43. The molecule has 1 fully saturated rings. The smallest absolute Gasteiger partial charge is 0.0579 e. The third kappa shape index (κ3) is 7.79. The molecule has 0 radical (unpaired) electrons. The summed E-state index contributed by atoms with van der Waals surface area (Å²) in [5.74, 6) is 1.39. The van der Waals surface area contributed by atoms with E-state index >= 15 is 0 Å². The van der Waals surface area contributed by atoms with E-state index in [0.29, 0.717) is 0 Å². The summed E-state index contributed by atoms with van der Waals surface area (Å²) < 4.78 is 0. The topological polar surface area (TPSA) is 0 Å². The maximum atomic E-state index is 2.69. The van der Waals surface area contributed by atoms with Gasteiger partial charge in [0.15, 0.2) is 0 Å². The molecule has 2 unspecified atom stereocenters. The molecular formula is C41H70P2Si. The molecule has 1 aliphatic rings. The minimum atomic E-state index is -1.54. The van der Waals surface area contributed by atoms with Gasteiger partial charge in [0.25, 0.3) is 0 Å². The van der Waals surface area contributed by atoms with E-state index in [1.54, 1.807) is 32.9 Å². The normalized spacial score (nSPS) is 21.0. The second-order valence-electron chi connectivity index (χ2n) is 21.2. The van der Waals surface area contributed by atoms with E-state index < -0.39 is 8.07 Å². The molecule has 44 heavy (non-hydrogen) atoms. The molecule has 0 N–H and O–H groups in total. The highest BCUT2D eigenvalue weighted by Crippen LogP contribution is 2.77. The second kappa shape index (κ2) is 11.6. The molecule has 0 aliphatic carbocycles. The summed E-state index contributed by atoms with van der Waals surface area (Å²) in [5, 5.41) is 4.39. The zero-order valence-electron chi connectivity index (χ0n) is 33.0. The summed E-state index contributed by atoms with van der Waals surface area (Å²) in [6.45, 7) is 52.0. The largest absolute Gasteiger partial charge is 0.0688 e. The lowest BCUT2D eigenvalue weighted by atomic mass is 9.75. The van der Waals surface area contributed by atoms with Crippen molar-refractivity contribution in [2.45, 2.75) is 182 Å². The molecular weight excluding hydrogens is 582 g/mol. The molecule has 1 heterocycles. The molecule has 2 atom stereocenters. The maximum absolute atomic E-state index is 2.69. The lowest BCUT2D eigenvalue weighted by Crippen LogP contribution is -2.49. The minimum Gasteiger partial charge on any atom is -0.0688 e. The van der Waals surface area contributed by atoms with Crippen LogP contribution in [0, 0.1) is 0 Å². The molecule has 1 aliphatic heterocycles. The van der Waals surface area contributed by atoms with Crippen molar-refractivity contribution in [3.8, 4) is 0 Å². The Hall–Kier alpha value is -0.483. The summed E-state index contributed by atoms with van der Waals surface area (Å²) in [7, 11) is -2.06. The van der Waals surface area contributed by atoms with Crippen molar-refractivity contribution < 1.29 is 0 Å². The zero-order chi connectivity index (χ0) is 34.4. The Kier molecular flexibility index (Phi) is 10.0. The molecule has 2 aromatic rings. The van der Waals surface area contributed by atoms with Crippen LogP contribution in [-0.2, 0) is 32.5 Å². The van der Waals surface area contributed by atoms with Crippen LogP contribution in [0.2, 0.25) is 19.6 Å². The van der Waals surface area contributed by atoms with E-state index in [1.165, 1.54) is 17.0 Å². The van der Waals surface area contributed by atoms with Crippen LogP contribution < -0.4 is 10.6 Å². The predicted molar refractivity (Wildman–Crippen MR) is 210 cm³/mol. The fourth-order valence-corrected chi connectivity index (χ4v) is 24.8. The van der Waals surface area contributed by atoms with E-state index in [0.717, 1.165) is 5.02 Å². The average Bonchev–Trinajstić information content (AvgIpc) is 2.72. The van der Waals surface area contributed by atoms with Crippen LogP contribution in [0.1, 0.15) is 158 Å². The Morgan fingerprint density at radius 3 is 0.818 bits per heavy atom. The van der Waals surface area contributed by atoms with Crippen molar-refractivity contribution in [1.82, 2.24) is 0 Å². The summed E-state index contributed by atoms with van der Waals surface area (Å²) in [5.41, 5.74) is 10.3. The lowest BCUT2D eigenvalue weighted by molar-refractivity contribution is 0.553. The Balaban J connectivity index is 2.44. The summed E-state index contributed by atoms with van der Waals surface area (Å²) in [6.07, 6.45) is 0. The van der Waals surface area contributed by atoms with Crippen LogP contribution in [0.3, 0.4) is 0 Å². The Morgan fingerprint density at radius 2 is 0.659 bits per heavy atom. The minimum absolute atomic E-state index is 0.114. The molecule has 0 bridgehead atoms. The molecule has 0 spiro atoms. The quantitative estimate of drug-likeness (QED) is 0.229. The fourth-order valence-electron chi connectivity index (χ4n) is 6.75. The van der Waals surface area contributed by atoms with Crippen molar-refractivity contribution >= 4 is 34.5 Å². The predicted octanol–water partition coefficient (Wildman–Crippen LogP) is 12.6. The van der Waals surface area contributed by atoms with Crippen molar-refractivity contribution in [2.75, 3.05) is 5.90 Å². The standard InChI is InChI=1S/C41H70P2Si/c1-36(2,3)27-22-29(38(7,8)9)33(30(23-27)39(10,11)12)42-26-43(35(42)44(19,20)21)34-31(40(13,14)15)24-28(37(4,5)6)25-32(34)41(16,17)18/h22-25,35H,26H2,1-21H3. The lowest BCUT2D eigenvalue weighted by Gasteiger charge is -2.56. The monoisotopic (exact) mass is 652 g/mol. The first-order valence-corrected chi connectivity index (χ1v) is 24.0. The van der Waals surface area contributed by atoms with E-state index in [1.807, 2.05) is 0 Å². The van der Waals surface area contributed by atoms with Crippen LogP contribution in [0.25, 0.3) is 0 Å². The van der Waals surface area contributed by atoms with E-state index in [4.69, 9.17) is 0 Å². The van der Waals surface area contributed by atoms with Gasteiger partial charge >= 0.3 is 0 Å². The number of hydrogen-bond acceptors (Lipinski definition) is 0. The molecule has 3 heteroatoms. The molecule has 0 nitrogen and oxygen atoms in total. The van der Waals surface area contributed by atoms with Gasteiger partial charge in [-0.25, -0.2) is 0 Å². The number of rotatable bonds is 3. The molecule has 0 amide bonds. The summed E-state index contributed by atoms with van der Waals surface area (Å²) >= 11 is 0. The summed E-state index contributed by atoms with van der Waals surface area (Å²) in [6, 6.07) is 10.5. The first-order valence-electron chi connectivity index (χ1n) is 17.2. The van der Waals surface area contributed by atoms with Crippen LogP contribution in [0.15, 0.2) is 24.3 Å². The number of hydrogen-bond donors (Lipinski definition) is 0. The first-order chi connectivity index (χ1) is 19.3. The average molecular weight is 653 g/mol. The second-order valence-corrected chi connectivity index (χ2v) is 32.8.